The SMILES string of the molecule is C=C(OC)C1CCC(CCCCCC)CC1. The van der Waals surface area contributed by atoms with Crippen LogP contribution in [-0.4, -0.2) is 7.11 Å². The van der Waals surface area contributed by atoms with Crippen molar-refractivity contribution in [1.82, 2.24) is 0 Å². The molecule has 0 amide bonds. The van der Waals surface area contributed by atoms with E-state index in [1.807, 2.05) is 0 Å². The Morgan fingerprint density at radius 1 is 1.12 bits per heavy atom. The molecule has 0 aromatic heterocycles. The first-order valence-electron chi connectivity index (χ1n) is 7.00. The van der Waals surface area contributed by atoms with Crippen LogP contribution in [0.15, 0.2) is 12.3 Å². The van der Waals surface area contributed by atoms with Gasteiger partial charge in [-0.2, -0.15) is 0 Å². The Hall–Kier alpha value is -0.460. The third-order valence-corrected chi connectivity index (χ3v) is 4.03. The van der Waals surface area contributed by atoms with Crippen LogP contribution in [0.5, 0.6) is 0 Å². The first-order chi connectivity index (χ1) is 7.77. The second-order valence-corrected chi connectivity index (χ2v) is 5.24. The summed E-state index contributed by atoms with van der Waals surface area (Å²) in [7, 11) is 1.75. The van der Waals surface area contributed by atoms with Crippen molar-refractivity contribution < 1.29 is 4.74 Å². The highest BCUT2D eigenvalue weighted by Crippen LogP contribution is 2.35. The number of methoxy groups -OCH3 is 1. The second-order valence-electron chi connectivity index (χ2n) is 5.24. The largest absolute Gasteiger partial charge is 0.501 e. The topological polar surface area (TPSA) is 9.23 Å². The normalized spacial score (nSPS) is 25.4. The van der Waals surface area contributed by atoms with E-state index in [0.717, 1.165) is 11.7 Å². The molecule has 0 aliphatic heterocycles. The van der Waals surface area contributed by atoms with Crippen molar-refractivity contribution in [1.29, 1.82) is 0 Å². The van der Waals surface area contributed by atoms with Gasteiger partial charge >= 0.3 is 0 Å². The Balaban J connectivity index is 2.10. The number of allylic oxidation sites excluding steroid dienone is 1. The monoisotopic (exact) mass is 224 g/mol. The molecule has 0 spiro atoms. The average molecular weight is 224 g/mol. The van der Waals surface area contributed by atoms with Gasteiger partial charge in [0.1, 0.15) is 0 Å². The zero-order chi connectivity index (χ0) is 11.8. The lowest BCUT2D eigenvalue weighted by atomic mass is 9.79. The predicted octanol–water partition coefficient (Wildman–Crippen LogP) is 4.92. The molecule has 1 aliphatic carbocycles. The van der Waals surface area contributed by atoms with Crippen LogP contribution in [0.3, 0.4) is 0 Å². The van der Waals surface area contributed by atoms with Crippen LogP contribution in [0.25, 0.3) is 0 Å². The maximum Gasteiger partial charge on any atom is 0.0914 e. The van der Waals surface area contributed by atoms with Gasteiger partial charge in [-0.25, -0.2) is 0 Å². The second kappa shape index (κ2) is 7.76. The number of hydrogen-bond acceptors (Lipinski definition) is 1. The van der Waals surface area contributed by atoms with Gasteiger partial charge < -0.3 is 4.74 Å². The van der Waals surface area contributed by atoms with E-state index >= 15 is 0 Å². The minimum Gasteiger partial charge on any atom is -0.501 e. The molecule has 0 bridgehead atoms. The number of unbranched alkanes of at least 4 members (excludes halogenated alkanes) is 3. The molecule has 0 N–H and O–H groups in total. The summed E-state index contributed by atoms with van der Waals surface area (Å²) in [5, 5.41) is 0. The molecule has 0 saturated heterocycles. The van der Waals surface area contributed by atoms with Crippen molar-refractivity contribution in [2.45, 2.75) is 64.7 Å². The number of rotatable bonds is 7. The summed E-state index contributed by atoms with van der Waals surface area (Å²) in [5.74, 6) is 2.62. The number of hydrogen-bond donors (Lipinski definition) is 0. The molecule has 0 radical (unpaired) electrons. The summed E-state index contributed by atoms with van der Waals surface area (Å²) in [6, 6.07) is 0. The lowest BCUT2D eigenvalue weighted by Gasteiger charge is -2.29. The molecule has 94 valence electrons. The zero-order valence-corrected chi connectivity index (χ0v) is 11.1. The molecule has 1 fully saturated rings. The van der Waals surface area contributed by atoms with E-state index in [1.165, 1.54) is 57.8 Å². The van der Waals surface area contributed by atoms with Gasteiger partial charge in [0.25, 0.3) is 0 Å². The lowest BCUT2D eigenvalue weighted by molar-refractivity contribution is 0.190. The highest BCUT2D eigenvalue weighted by molar-refractivity contribution is 4.93. The van der Waals surface area contributed by atoms with Crippen molar-refractivity contribution in [2.75, 3.05) is 7.11 Å². The minimum absolute atomic E-state index is 0.636. The van der Waals surface area contributed by atoms with E-state index in [0.29, 0.717) is 5.92 Å². The molecule has 16 heavy (non-hydrogen) atoms. The van der Waals surface area contributed by atoms with Crippen molar-refractivity contribution in [3.63, 3.8) is 0 Å². The molecular formula is C15H28O. The van der Waals surface area contributed by atoms with Crippen LogP contribution in [0.2, 0.25) is 0 Å². The summed E-state index contributed by atoms with van der Waals surface area (Å²) in [5.41, 5.74) is 0. The van der Waals surface area contributed by atoms with Gasteiger partial charge in [-0.15, -0.1) is 0 Å². The van der Waals surface area contributed by atoms with Crippen molar-refractivity contribution in [3.05, 3.63) is 12.3 Å². The first kappa shape index (κ1) is 13.6. The maximum atomic E-state index is 5.24. The fourth-order valence-electron chi connectivity index (χ4n) is 2.80. The third-order valence-electron chi connectivity index (χ3n) is 4.03. The standard InChI is InChI=1S/C15H28O/c1-4-5-6-7-8-14-9-11-15(12-10-14)13(2)16-3/h14-15H,2,4-12H2,1,3H3. The fourth-order valence-corrected chi connectivity index (χ4v) is 2.80. The molecule has 1 heteroatoms. The summed E-state index contributed by atoms with van der Waals surface area (Å²) in [6.07, 6.45) is 12.5. The van der Waals surface area contributed by atoms with Gasteiger partial charge in [-0.3, -0.25) is 0 Å². The maximum absolute atomic E-state index is 5.24. The molecule has 1 aliphatic rings. The van der Waals surface area contributed by atoms with Crippen molar-refractivity contribution >= 4 is 0 Å². The summed E-state index contributed by atoms with van der Waals surface area (Å²) < 4.78 is 5.24. The molecule has 0 heterocycles. The van der Waals surface area contributed by atoms with Crippen molar-refractivity contribution in [3.8, 4) is 0 Å². The minimum atomic E-state index is 0.636. The summed E-state index contributed by atoms with van der Waals surface area (Å²) in [6.45, 7) is 6.27. The van der Waals surface area contributed by atoms with E-state index in [1.54, 1.807) is 7.11 Å². The molecule has 1 saturated carbocycles. The van der Waals surface area contributed by atoms with Gasteiger partial charge in [0.15, 0.2) is 0 Å². The van der Waals surface area contributed by atoms with Crippen LogP contribution in [-0.2, 0) is 4.74 Å². The summed E-state index contributed by atoms with van der Waals surface area (Å²) in [4.78, 5) is 0. The van der Waals surface area contributed by atoms with Gasteiger partial charge in [0.2, 0.25) is 0 Å². The fraction of sp³-hybridized carbons (Fsp3) is 0.867. The van der Waals surface area contributed by atoms with Gasteiger partial charge in [-0.1, -0.05) is 45.6 Å². The molecule has 1 rings (SSSR count). The van der Waals surface area contributed by atoms with Crippen LogP contribution < -0.4 is 0 Å². The van der Waals surface area contributed by atoms with Crippen LogP contribution in [0, 0.1) is 11.8 Å². The Morgan fingerprint density at radius 2 is 1.81 bits per heavy atom. The molecule has 0 unspecified atom stereocenters. The quantitative estimate of drug-likeness (QED) is 0.440. The smallest absolute Gasteiger partial charge is 0.0914 e. The van der Waals surface area contributed by atoms with Gasteiger partial charge in [-0.05, 0) is 31.6 Å². The van der Waals surface area contributed by atoms with Crippen LogP contribution >= 0.6 is 0 Å². The van der Waals surface area contributed by atoms with E-state index < -0.39 is 0 Å². The van der Waals surface area contributed by atoms with Crippen LogP contribution in [0.1, 0.15) is 64.7 Å². The van der Waals surface area contributed by atoms with Gasteiger partial charge in [0.05, 0.1) is 12.9 Å². The Labute approximate surface area is 101 Å². The molecule has 0 aromatic carbocycles. The van der Waals surface area contributed by atoms with Gasteiger partial charge in [0, 0.05) is 5.92 Å². The third kappa shape index (κ3) is 4.59. The highest BCUT2D eigenvalue weighted by Gasteiger charge is 2.22. The van der Waals surface area contributed by atoms with Crippen LogP contribution in [0.4, 0.5) is 0 Å². The molecule has 1 nitrogen and oxygen atoms in total. The Morgan fingerprint density at radius 3 is 2.38 bits per heavy atom. The molecular weight excluding hydrogens is 196 g/mol. The summed E-state index contributed by atoms with van der Waals surface area (Å²) >= 11 is 0. The van der Waals surface area contributed by atoms with E-state index in [4.69, 9.17) is 4.74 Å². The zero-order valence-electron chi connectivity index (χ0n) is 11.1. The Kier molecular flexibility index (Phi) is 6.59. The first-order valence-corrected chi connectivity index (χ1v) is 7.00. The highest BCUT2D eigenvalue weighted by atomic mass is 16.5. The predicted molar refractivity (Wildman–Crippen MR) is 70.4 cm³/mol. The van der Waals surface area contributed by atoms with E-state index in [9.17, 15) is 0 Å². The number of ether oxygens (including phenoxy) is 1. The average Bonchev–Trinajstić information content (AvgIpc) is 2.34. The molecule has 0 aromatic rings. The Bertz CT molecular complexity index is 190. The lowest BCUT2D eigenvalue weighted by Crippen LogP contribution is -2.16. The van der Waals surface area contributed by atoms with Crippen molar-refractivity contribution in [2.24, 2.45) is 11.8 Å². The molecule has 0 atom stereocenters. The van der Waals surface area contributed by atoms with E-state index in [-0.39, 0.29) is 0 Å². The van der Waals surface area contributed by atoms with E-state index in [2.05, 4.69) is 13.5 Å².